The van der Waals surface area contributed by atoms with Crippen molar-refractivity contribution in [2.24, 2.45) is 0 Å². The average molecular weight is 621 g/mol. The molecule has 44 heavy (non-hydrogen) atoms. The van der Waals surface area contributed by atoms with Gasteiger partial charge in [0.05, 0.1) is 36.0 Å². The maximum atomic E-state index is 14.7. The van der Waals surface area contributed by atoms with Gasteiger partial charge in [0.25, 0.3) is 11.8 Å². The lowest BCUT2D eigenvalue weighted by Crippen LogP contribution is -2.18. The van der Waals surface area contributed by atoms with Gasteiger partial charge in [-0.05, 0) is 65.3 Å². The van der Waals surface area contributed by atoms with E-state index in [0.717, 1.165) is 12.1 Å². The van der Waals surface area contributed by atoms with Crippen molar-refractivity contribution in [3.05, 3.63) is 70.8 Å². The van der Waals surface area contributed by atoms with E-state index >= 15 is 0 Å². The third-order valence-electron chi connectivity index (χ3n) is 6.33. The monoisotopic (exact) mass is 620 g/mol. The van der Waals surface area contributed by atoms with Crippen LogP contribution in [-0.4, -0.2) is 76.1 Å². The molecule has 0 atom stereocenters. The molecule has 3 aromatic rings. The second-order valence-electron chi connectivity index (χ2n) is 10.4. The lowest BCUT2D eigenvalue weighted by molar-refractivity contribution is 0.101. The minimum absolute atomic E-state index is 0.0261. The minimum Gasteiger partial charge on any atom is -0.488 e. The third-order valence-corrected chi connectivity index (χ3v) is 6.33. The quantitative estimate of drug-likeness (QED) is 0.117. The number of nitrogens with two attached hydrogens (primary N) is 2. The van der Waals surface area contributed by atoms with Gasteiger partial charge in [-0.15, -0.1) is 0 Å². The summed E-state index contributed by atoms with van der Waals surface area (Å²) in [6.07, 6.45) is 1.05. The number of anilines is 4. The van der Waals surface area contributed by atoms with E-state index in [1.165, 1.54) is 24.3 Å². The van der Waals surface area contributed by atoms with Crippen LogP contribution in [0.15, 0.2) is 36.4 Å². The molecule has 14 heteroatoms. The normalized spacial score (nSPS) is 11.1. The lowest BCUT2D eigenvalue weighted by Gasteiger charge is -2.15. The Kier molecular flexibility index (Phi) is 11.8. The highest BCUT2D eigenvalue weighted by molar-refractivity contribution is 6.08. The van der Waals surface area contributed by atoms with Crippen LogP contribution in [-0.2, 0) is 0 Å². The first-order chi connectivity index (χ1) is 20.8. The van der Waals surface area contributed by atoms with E-state index in [4.69, 9.17) is 20.9 Å². The zero-order valence-corrected chi connectivity index (χ0v) is 24.9. The van der Waals surface area contributed by atoms with Crippen LogP contribution in [0.4, 0.5) is 40.3 Å². The molecular formula is C30H36F4N6O4. The van der Waals surface area contributed by atoms with Crippen molar-refractivity contribution in [3.63, 3.8) is 0 Å². The number of carbonyl (C=O) groups is 2. The topological polar surface area (TPSA) is 135 Å². The van der Waals surface area contributed by atoms with Gasteiger partial charge in [0.1, 0.15) is 0 Å². The van der Waals surface area contributed by atoms with Crippen LogP contribution in [0.3, 0.4) is 0 Å². The molecule has 0 radical (unpaired) electrons. The van der Waals surface area contributed by atoms with E-state index in [1.54, 1.807) is 0 Å². The molecule has 0 aliphatic rings. The van der Waals surface area contributed by atoms with Crippen molar-refractivity contribution < 1.29 is 36.6 Å². The molecule has 0 saturated carbocycles. The summed E-state index contributed by atoms with van der Waals surface area (Å²) < 4.78 is 69.0. The smallest absolute Gasteiger partial charge is 0.255 e. The second-order valence-corrected chi connectivity index (χ2v) is 10.4. The van der Waals surface area contributed by atoms with Crippen LogP contribution in [0.2, 0.25) is 0 Å². The van der Waals surface area contributed by atoms with Gasteiger partial charge in [0.15, 0.2) is 34.8 Å². The van der Waals surface area contributed by atoms with Crippen LogP contribution in [0.25, 0.3) is 0 Å². The maximum absolute atomic E-state index is 14.7. The summed E-state index contributed by atoms with van der Waals surface area (Å²) in [5.41, 5.74) is 9.97. The Balaban J connectivity index is 1.65. The highest BCUT2D eigenvalue weighted by atomic mass is 19.1. The molecule has 0 aliphatic heterocycles. The van der Waals surface area contributed by atoms with Crippen molar-refractivity contribution in [1.82, 2.24) is 9.80 Å². The maximum Gasteiger partial charge on any atom is 0.255 e. The van der Waals surface area contributed by atoms with Crippen molar-refractivity contribution >= 4 is 34.6 Å². The zero-order chi connectivity index (χ0) is 32.6. The SMILES string of the molecule is CN(C)CCCOc1c(F)cc(NC(=O)c2ccc(C(=O)Nc3cc(F)c(OCCCN(C)C)c(F)c3N)cc2)c(N)c1F. The Labute approximate surface area is 252 Å². The van der Waals surface area contributed by atoms with Crippen molar-refractivity contribution in [3.8, 4) is 11.5 Å². The summed E-state index contributed by atoms with van der Waals surface area (Å²) in [7, 11) is 7.41. The van der Waals surface area contributed by atoms with E-state index in [-0.39, 0.29) is 35.7 Å². The highest BCUT2D eigenvalue weighted by Crippen LogP contribution is 2.34. The Morgan fingerprint density at radius 1 is 0.682 bits per heavy atom. The van der Waals surface area contributed by atoms with Crippen LogP contribution >= 0.6 is 0 Å². The van der Waals surface area contributed by atoms with Crippen LogP contribution in [0.1, 0.15) is 33.6 Å². The molecule has 2 amide bonds. The van der Waals surface area contributed by atoms with Gasteiger partial charge in [-0.25, -0.2) is 17.6 Å². The molecule has 0 aliphatic carbocycles. The number of hydrogen-bond acceptors (Lipinski definition) is 8. The molecule has 0 bridgehead atoms. The first-order valence-electron chi connectivity index (χ1n) is 13.6. The number of nitrogens with one attached hydrogen (secondary N) is 2. The minimum atomic E-state index is -1.15. The number of hydrogen-bond donors (Lipinski definition) is 4. The summed E-state index contributed by atoms with van der Waals surface area (Å²) >= 11 is 0. The van der Waals surface area contributed by atoms with Crippen LogP contribution < -0.4 is 31.6 Å². The first-order valence-corrected chi connectivity index (χ1v) is 13.6. The lowest BCUT2D eigenvalue weighted by atomic mass is 10.1. The number of rotatable bonds is 14. The fourth-order valence-corrected chi connectivity index (χ4v) is 3.97. The van der Waals surface area contributed by atoms with E-state index < -0.39 is 58.0 Å². The summed E-state index contributed by atoms with van der Waals surface area (Å²) in [5.74, 6) is -7.19. The molecule has 0 spiro atoms. The first kappa shape index (κ1) is 33.9. The Bertz CT molecular complexity index is 1380. The van der Waals surface area contributed by atoms with Gasteiger partial charge < -0.3 is 41.4 Å². The molecule has 0 unspecified atom stereocenters. The molecule has 0 fully saturated rings. The zero-order valence-electron chi connectivity index (χ0n) is 24.9. The molecule has 0 heterocycles. The van der Waals surface area contributed by atoms with Crippen molar-refractivity contribution in [2.75, 3.05) is 76.6 Å². The molecule has 6 N–H and O–H groups in total. The largest absolute Gasteiger partial charge is 0.488 e. The Hall–Kier alpha value is -4.56. The summed E-state index contributed by atoms with van der Waals surface area (Å²) in [5, 5.41) is 4.67. The Morgan fingerprint density at radius 3 is 1.34 bits per heavy atom. The molecule has 0 aromatic heterocycles. The number of nitrogen functional groups attached to an aromatic ring is 2. The predicted octanol–water partition coefficient (Wildman–Crippen LogP) is 4.57. The second kappa shape index (κ2) is 15.3. The third kappa shape index (κ3) is 8.74. The van der Waals surface area contributed by atoms with Crippen LogP contribution in [0.5, 0.6) is 11.5 Å². The van der Waals surface area contributed by atoms with Gasteiger partial charge in [-0.3, -0.25) is 9.59 Å². The molecule has 238 valence electrons. The number of halogens is 4. The van der Waals surface area contributed by atoms with Gasteiger partial charge in [-0.2, -0.15) is 0 Å². The number of benzene rings is 3. The van der Waals surface area contributed by atoms with Crippen molar-refractivity contribution in [2.45, 2.75) is 12.8 Å². The molecule has 10 nitrogen and oxygen atoms in total. The van der Waals surface area contributed by atoms with Gasteiger partial charge in [0.2, 0.25) is 0 Å². The number of nitrogens with zero attached hydrogens (tertiary/aromatic N) is 2. The predicted molar refractivity (Wildman–Crippen MR) is 161 cm³/mol. The van der Waals surface area contributed by atoms with Crippen LogP contribution in [0, 0.1) is 23.3 Å². The highest BCUT2D eigenvalue weighted by Gasteiger charge is 2.22. The van der Waals surface area contributed by atoms with Gasteiger partial charge in [-0.1, -0.05) is 0 Å². The molecule has 0 saturated heterocycles. The summed E-state index contributed by atoms with van der Waals surface area (Å²) in [4.78, 5) is 29.3. The van der Waals surface area contributed by atoms with Gasteiger partial charge in [0, 0.05) is 36.3 Å². The molecule has 3 rings (SSSR count). The van der Waals surface area contributed by atoms with Gasteiger partial charge >= 0.3 is 0 Å². The fourth-order valence-electron chi connectivity index (χ4n) is 3.97. The number of carbonyl (C=O) groups excluding carboxylic acids is 2. The summed E-state index contributed by atoms with van der Waals surface area (Å²) in [6, 6.07) is 6.77. The summed E-state index contributed by atoms with van der Waals surface area (Å²) in [6.45, 7) is 1.42. The fraction of sp³-hybridized carbons (Fsp3) is 0.333. The standard InChI is InChI=1S/C30H36F4N6O4/c1-39(2)11-5-13-43-27-19(31)15-21(25(35)23(27)33)37-29(41)17-7-9-18(10-8-17)30(42)38-22-16-20(32)28(24(34)26(22)36)44-14-6-12-40(3)4/h7-10,15-16H,5-6,11-14,35-36H2,1-4H3,(H,37,41)(H,38,42). The van der Waals surface area contributed by atoms with Crippen molar-refractivity contribution in [1.29, 1.82) is 0 Å². The van der Waals surface area contributed by atoms with E-state index in [1.807, 2.05) is 38.0 Å². The van der Waals surface area contributed by atoms with E-state index in [0.29, 0.717) is 25.9 Å². The van der Waals surface area contributed by atoms with E-state index in [9.17, 15) is 27.2 Å². The molecular weight excluding hydrogens is 584 g/mol. The molecule has 3 aromatic carbocycles. The average Bonchev–Trinajstić information content (AvgIpc) is 2.97. The van der Waals surface area contributed by atoms with E-state index in [2.05, 4.69) is 10.6 Å². The number of ether oxygens (including phenoxy) is 2. The Morgan fingerprint density at radius 2 is 1.02 bits per heavy atom. The number of amides is 2.